The molecule has 3 amide bonds. The Bertz CT molecular complexity index is 1160. The molecule has 1 atom stereocenters. The third-order valence-corrected chi connectivity index (χ3v) is 5.97. The molecule has 4 rings (SSSR count). The highest BCUT2D eigenvalue weighted by Gasteiger charge is 2.35. The number of aliphatic carboxylic acids is 1. The van der Waals surface area contributed by atoms with Gasteiger partial charge in [0.1, 0.15) is 6.04 Å². The minimum atomic E-state index is -1.14. The highest BCUT2D eigenvalue weighted by Crippen LogP contribution is 2.26. The van der Waals surface area contributed by atoms with Crippen LogP contribution in [0.15, 0.2) is 42.5 Å². The van der Waals surface area contributed by atoms with Crippen molar-refractivity contribution in [1.82, 2.24) is 9.80 Å². The number of carbonyl (C=O) groups is 5. The summed E-state index contributed by atoms with van der Waals surface area (Å²) in [6.45, 7) is 0.576. The van der Waals surface area contributed by atoms with Crippen LogP contribution in [0.4, 0.5) is 5.69 Å². The number of nitrogens with zero attached hydrogens (tertiary/aromatic N) is 2. The van der Waals surface area contributed by atoms with Crippen LogP contribution in [0.1, 0.15) is 55.9 Å². The summed E-state index contributed by atoms with van der Waals surface area (Å²) in [5.41, 5.74) is 1.90. The van der Waals surface area contributed by atoms with Gasteiger partial charge in [0.05, 0.1) is 23.1 Å². The lowest BCUT2D eigenvalue weighted by molar-refractivity contribution is -0.141. The number of unbranched alkanes of at least 4 members (excludes halogenated alkanes) is 1. The number of amides is 3. The number of nitrogens with one attached hydrogen (secondary N) is 1. The predicted octanol–water partition coefficient (Wildman–Crippen LogP) is 2.06. The average molecular weight is 465 g/mol. The number of carbonyl (C=O) groups excluding carboxylic acids is 3. The van der Waals surface area contributed by atoms with E-state index in [1.165, 1.54) is 28.0 Å². The van der Waals surface area contributed by atoms with Gasteiger partial charge in [0.2, 0.25) is 5.91 Å². The Hall–Kier alpha value is -4.21. The van der Waals surface area contributed by atoms with Crippen molar-refractivity contribution < 1.29 is 34.2 Å². The number of carboxylic acid groups (broad SMARTS) is 2. The Morgan fingerprint density at radius 3 is 2.21 bits per heavy atom. The molecule has 0 saturated heterocycles. The second-order valence-corrected chi connectivity index (χ2v) is 8.25. The summed E-state index contributed by atoms with van der Waals surface area (Å²) in [7, 11) is 0. The number of imide groups is 1. The quantitative estimate of drug-likeness (QED) is 0.397. The van der Waals surface area contributed by atoms with Gasteiger partial charge in [0, 0.05) is 25.3 Å². The van der Waals surface area contributed by atoms with Crippen molar-refractivity contribution in [3.05, 3.63) is 64.7 Å². The SMILES string of the molecule is O=C(O)CC1Nc2ccc(C(=O)O)cc2CN(CCCCN2C(=O)c3ccccc3C2=O)C1=O. The first-order chi connectivity index (χ1) is 16.3. The van der Waals surface area contributed by atoms with Gasteiger partial charge in [0.25, 0.3) is 11.8 Å². The number of anilines is 1. The van der Waals surface area contributed by atoms with Crippen molar-refractivity contribution in [2.45, 2.75) is 31.8 Å². The first kappa shape index (κ1) is 23.0. The third-order valence-electron chi connectivity index (χ3n) is 5.97. The van der Waals surface area contributed by atoms with Crippen LogP contribution in [0.5, 0.6) is 0 Å². The molecule has 0 spiro atoms. The lowest BCUT2D eigenvalue weighted by Gasteiger charge is -2.24. The molecule has 0 radical (unpaired) electrons. The number of benzene rings is 2. The molecule has 1 unspecified atom stereocenters. The lowest BCUT2D eigenvalue weighted by atomic mass is 10.1. The van der Waals surface area contributed by atoms with E-state index in [1.54, 1.807) is 24.3 Å². The van der Waals surface area contributed by atoms with E-state index in [0.717, 1.165) is 0 Å². The van der Waals surface area contributed by atoms with Crippen molar-refractivity contribution in [1.29, 1.82) is 0 Å². The van der Waals surface area contributed by atoms with Crippen LogP contribution < -0.4 is 5.32 Å². The van der Waals surface area contributed by atoms with E-state index in [9.17, 15) is 34.2 Å². The van der Waals surface area contributed by atoms with Crippen LogP contribution in [0.25, 0.3) is 0 Å². The smallest absolute Gasteiger partial charge is 0.335 e. The van der Waals surface area contributed by atoms with Crippen molar-refractivity contribution in [2.75, 3.05) is 18.4 Å². The molecule has 176 valence electrons. The Morgan fingerprint density at radius 2 is 1.59 bits per heavy atom. The molecule has 2 aliphatic rings. The Morgan fingerprint density at radius 1 is 0.941 bits per heavy atom. The zero-order valence-electron chi connectivity index (χ0n) is 18.2. The zero-order chi connectivity index (χ0) is 24.4. The molecule has 0 bridgehead atoms. The maximum atomic E-state index is 13.0. The highest BCUT2D eigenvalue weighted by molar-refractivity contribution is 6.21. The normalized spacial score (nSPS) is 17.2. The molecule has 10 nitrogen and oxygen atoms in total. The molecular weight excluding hydrogens is 442 g/mol. The van der Waals surface area contributed by atoms with E-state index in [2.05, 4.69) is 5.32 Å². The monoisotopic (exact) mass is 465 g/mol. The fraction of sp³-hybridized carbons (Fsp3) is 0.292. The van der Waals surface area contributed by atoms with Crippen molar-refractivity contribution in [3.8, 4) is 0 Å². The van der Waals surface area contributed by atoms with Gasteiger partial charge in [-0.05, 0) is 48.7 Å². The minimum Gasteiger partial charge on any atom is -0.481 e. The molecule has 34 heavy (non-hydrogen) atoms. The van der Waals surface area contributed by atoms with Crippen LogP contribution in [0.2, 0.25) is 0 Å². The fourth-order valence-corrected chi connectivity index (χ4v) is 4.27. The van der Waals surface area contributed by atoms with E-state index in [0.29, 0.717) is 35.2 Å². The van der Waals surface area contributed by atoms with Crippen LogP contribution in [0, 0.1) is 0 Å². The van der Waals surface area contributed by atoms with Crippen LogP contribution >= 0.6 is 0 Å². The lowest BCUT2D eigenvalue weighted by Crippen LogP contribution is -2.42. The zero-order valence-corrected chi connectivity index (χ0v) is 18.2. The molecule has 2 aromatic carbocycles. The molecule has 2 heterocycles. The average Bonchev–Trinajstić information content (AvgIpc) is 2.96. The number of rotatable bonds is 8. The van der Waals surface area contributed by atoms with Gasteiger partial charge < -0.3 is 20.4 Å². The van der Waals surface area contributed by atoms with Crippen molar-refractivity contribution in [2.24, 2.45) is 0 Å². The summed E-state index contributed by atoms with van der Waals surface area (Å²) >= 11 is 0. The van der Waals surface area contributed by atoms with Gasteiger partial charge >= 0.3 is 11.9 Å². The summed E-state index contributed by atoms with van der Waals surface area (Å²) in [6.07, 6.45) is 0.492. The number of fused-ring (bicyclic) bond motifs is 2. The van der Waals surface area contributed by atoms with Gasteiger partial charge in [-0.3, -0.25) is 24.1 Å². The van der Waals surface area contributed by atoms with E-state index < -0.39 is 30.3 Å². The van der Waals surface area contributed by atoms with Gasteiger partial charge in [-0.2, -0.15) is 0 Å². The largest absolute Gasteiger partial charge is 0.481 e. The second kappa shape index (κ2) is 9.34. The van der Waals surface area contributed by atoms with Gasteiger partial charge in [-0.15, -0.1) is 0 Å². The number of aromatic carboxylic acids is 1. The fourth-order valence-electron chi connectivity index (χ4n) is 4.27. The van der Waals surface area contributed by atoms with E-state index in [4.69, 9.17) is 0 Å². The Labute approximate surface area is 194 Å². The summed E-state index contributed by atoms with van der Waals surface area (Å²) in [5, 5.41) is 21.5. The standard InChI is InChI=1S/C24H23N3O7/c28-20(29)12-19-23(32)26(13-15-11-14(24(33)34)7-8-18(15)25-19)9-3-4-10-27-21(30)16-5-1-2-6-17(16)22(27)31/h1-2,5-8,11,19,25H,3-4,9-10,12-13H2,(H,28,29)(H,33,34). The highest BCUT2D eigenvalue weighted by atomic mass is 16.4. The predicted molar refractivity (Wildman–Crippen MR) is 120 cm³/mol. The summed E-state index contributed by atoms with van der Waals surface area (Å²) in [5.74, 6) is -3.33. The van der Waals surface area contributed by atoms with E-state index in [1.807, 2.05) is 0 Å². The Kier molecular flexibility index (Phi) is 6.31. The molecule has 3 N–H and O–H groups in total. The maximum Gasteiger partial charge on any atom is 0.335 e. The van der Waals surface area contributed by atoms with Crippen molar-refractivity contribution >= 4 is 35.3 Å². The molecule has 10 heteroatoms. The van der Waals surface area contributed by atoms with Gasteiger partial charge in [-0.25, -0.2) is 4.79 Å². The molecule has 0 saturated carbocycles. The molecule has 2 aliphatic heterocycles. The van der Waals surface area contributed by atoms with Crippen LogP contribution in [-0.2, 0) is 16.1 Å². The number of hydrogen-bond donors (Lipinski definition) is 3. The van der Waals surface area contributed by atoms with Gasteiger partial charge in [-0.1, -0.05) is 12.1 Å². The first-order valence-electron chi connectivity index (χ1n) is 10.8. The van der Waals surface area contributed by atoms with Gasteiger partial charge in [0.15, 0.2) is 0 Å². The molecule has 0 aliphatic carbocycles. The third kappa shape index (κ3) is 4.47. The number of hydrogen-bond acceptors (Lipinski definition) is 6. The number of carboxylic acids is 2. The summed E-state index contributed by atoms with van der Waals surface area (Å²) in [6, 6.07) is 10.0. The Balaban J connectivity index is 1.44. The van der Waals surface area contributed by atoms with E-state index >= 15 is 0 Å². The topological polar surface area (TPSA) is 144 Å². The van der Waals surface area contributed by atoms with Crippen molar-refractivity contribution in [3.63, 3.8) is 0 Å². The molecule has 2 aromatic rings. The van der Waals surface area contributed by atoms with E-state index in [-0.39, 0.29) is 37.0 Å². The molecule has 0 aromatic heterocycles. The van der Waals surface area contributed by atoms with Crippen LogP contribution in [0.3, 0.4) is 0 Å². The summed E-state index contributed by atoms with van der Waals surface area (Å²) in [4.78, 5) is 63.4. The maximum absolute atomic E-state index is 13.0. The summed E-state index contributed by atoms with van der Waals surface area (Å²) < 4.78 is 0. The second-order valence-electron chi connectivity index (χ2n) is 8.25. The molecule has 0 fully saturated rings. The van der Waals surface area contributed by atoms with Crippen LogP contribution in [-0.4, -0.2) is 68.8 Å². The first-order valence-corrected chi connectivity index (χ1v) is 10.8. The minimum absolute atomic E-state index is 0.0651. The molecular formula is C24H23N3O7.